The van der Waals surface area contributed by atoms with E-state index in [9.17, 15) is 9.18 Å². The average molecular weight is 417 g/mol. The maximum Gasteiger partial charge on any atom is 0.254 e. The van der Waals surface area contributed by atoms with E-state index < -0.39 is 11.7 Å². The first-order valence-electron chi connectivity index (χ1n) is 9.77. The Labute approximate surface area is 173 Å². The molecule has 2 heterocycles. The molecule has 3 aromatic rings. The van der Waals surface area contributed by atoms with Gasteiger partial charge in [-0.3, -0.25) is 4.79 Å². The van der Waals surface area contributed by atoms with E-state index in [1.165, 1.54) is 12.1 Å². The van der Waals surface area contributed by atoms with Crippen molar-refractivity contribution >= 4 is 34.5 Å². The Morgan fingerprint density at radius 1 is 1.17 bits per heavy atom. The van der Waals surface area contributed by atoms with Gasteiger partial charge in [-0.25, -0.2) is 19.0 Å². The summed E-state index contributed by atoms with van der Waals surface area (Å²) in [5.74, 6) is 0.730. The number of amides is 1. The molecular weight excluding hydrogens is 391 g/mol. The van der Waals surface area contributed by atoms with E-state index in [0.717, 1.165) is 42.0 Å². The summed E-state index contributed by atoms with van der Waals surface area (Å²) in [5, 5.41) is 12.0. The highest BCUT2D eigenvalue weighted by molar-refractivity contribution is 7.99. The number of aromatic nitrogens is 4. The summed E-state index contributed by atoms with van der Waals surface area (Å²) in [7, 11) is 0. The molecule has 9 heteroatoms. The van der Waals surface area contributed by atoms with Gasteiger partial charge in [0.25, 0.3) is 5.91 Å². The van der Waals surface area contributed by atoms with E-state index in [-0.39, 0.29) is 5.56 Å². The number of fused-ring (bicyclic) bond motifs is 1. The first-order valence-corrected chi connectivity index (χ1v) is 10.8. The van der Waals surface area contributed by atoms with Crippen LogP contribution in [0.2, 0.25) is 0 Å². The summed E-state index contributed by atoms with van der Waals surface area (Å²) in [4.78, 5) is 21.5. The zero-order valence-corrected chi connectivity index (χ0v) is 17.4. The van der Waals surface area contributed by atoms with Crippen molar-refractivity contribution < 1.29 is 9.18 Å². The second-order valence-electron chi connectivity index (χ2n) is 6.47. The van der Waals surface area contributed by atoms with Crippen LogP contribution in [0.3, 0.4) is 0 Å². The van der Waals surface area contributed by atoms with Crippen LogP contribution in [0, 0.1) is 5.82 Å². The predicted molar refractivity (Wildman–Crippen MR) is 114 cm³/mol. The lowest BCUT2D eigenvalue weighted by Crippen LogP contribution is -2.28. The Hall–Kier alpha value is -2.68. The molecule has 0 aliphatic rings. The van der Waals surface area contributed by atoms with E-state index in [4.69, 9.17) is 0 Å². The lowest BCUT2D eigenvalue weighted by atomic mass is 10.2. The molecule has 154 valence electrons. The highest BCUT2D eigenvalue weighted by Gasteiger charge is 2.14. The van der Waals surface area contributed by atoms with Crippen LogP contribution in [0.15, 0.2) is 35.6 Å². The number of thioether (sulfide) groups is 1. The normalized spacial score (nSPS) is 11.0. The minimum atomic E-state index is -0.536. The number of nitrogens with one attached hydrogen (secondary N) is 2. The number of carbonyl (C=O) groups excluding carboxylic acids is 1. The van der Waals surface area contributed by atoms with Crippen LogP contribution in [-0.4, -0.2) is 44.5 Å². The lowest BCUT2D eigenvalue weighted by molar-refractivity contribution is 0.0948. The molecule has 29 heavy (non-hydrogen) atoms. The zero-order chi connectivity index (χ0) is 20.6. The molecule has 0 spiro atoms. The molecule has 3 rings (SSSR count). The number of hydrogen-bond acceptors (Lipinski definition) is 6. The van der Waals surface area contributed by atoms with Gasteiger partial charge in [0, 0.05) is 18.8 Å². The number of halogens is 1. The third-order valence-electron chi connectivity index (χ3n) is 4.18. The number of hydrogen-bond donors (Lipinski definition) is 2. The van der Waals surface area contributed by atoms with Crippen molar-refractivity contribution in [2.75, 3.05) is 24.2 Å². The van der Waals surface area contributed by atoms with Gasteiger partial charge in [0.2, 0.25) is 0 Å². The SMILES string of the molecule is CCCNc1nc(SCCC)nc2c1cnn2CCNC(=O)c1ccccc1F. The average Bonchev–Trinajstić information content (AvgIpc) is 3.13. The molecule has 0 atom stereocenters. The van der Waals surface area contributed by atoms with Crippen molar-refractivity contribution in [2.24, 2.45) is 0 Å². The van der Waals surface area contributed by atoms with Crippen molar-refractivity contribution in [3.05, 3.63) is 41.8 Å². The van der Waals surface area contributed by atoms with Gasteiger partial charge < -0.3 is 10.6 Å². The van der Waals surface area contributed by atoms with Crippen molar-refractivity contribution in [3.63, 3.8) is 0 Å². The molecule has 2 N–H and O–H groups in total. The van der Waals surface area contributed by atoms with Crippen molar-refractivity contribution in [3.8, 4) is 0 Å². The minimum absolute atomic E-state index is 0.0319. The second kappa shape index (κ2) is 10.2. The minimum Gasteiger partial charge on any atom is -0.369 e. The highest BCUT2D eigenvalue weighted by Crippen LogP contribution is 2.24. The summed E-state index contributed by atoms with van der Waals surface area (Å²) in [5.41, 5.74) is 0.752. The van der Waals surface area contributed by atoms with Gasteiger partial charge >= 0.3 is 0 Å². The number of rotatable bonds is 10. The topological polar surface area (TPSA) is 84.7 Å². The largest absolute Gasteiger partial charge is 0.369 e. The smallest absolute Gasteiger partial charge is 0.254 e. The van der Waals surface area contributed by atoms with Crippen molar-refractivity contribution in [2.45, 2.75) is 38.4 Å². The summed E-state index contributed by atoms with van der Waals surface area (Å²) >= 11 is 1.61. The molecule has 0 saturated heterocycles. The molecule has 0 fully saturated rings. The van der Waals surface area contributed by atoms with E-state index in [0.29, 0.717) is 18.2 Å². The Bertz CT molecular complexity index is 977. The van der Waals surface area contributed by atoms with Crippen molar-refractivity contribution in [1.82, 2.24) is 25.1 Å². The summed E-state index contributed by atoms with van der Waals surface area (Å²) in [6.07, 6.45) is 3.75. The van der Waals surface area contributed by atoms with Gasteiger partial charge in [0.1, 0.15) is 11.6 Å². The van der Waals surface area contributed by atoms with Crippen LogP contribution in [0.1, 0.15) is 37.0 Å². The summed E-state index contributed by atoms with van der Waals surface area (Å²) < 4.78 is 15.5. The van der Waals surface area contributed by atoms with E-state index >= 15 is 0 Å². The van der Waals surface area contributed by atoms with Gasteiger partial charge in [-0.2, -0.15) is 5.10 Å². The molecule has 0 unspecified atom stereocenters. The molecule has 0 saturated carbocycles. The van der Waals surface area contributed by atoms with E-state index in [1.54, 1.807) is 34.8 Å². The molecular formula is C20H25FN6OS. The fourth-order valence-corrected chi connectivity index (χ4v) is 3.44. The molecule has 0 bridgehead atoms. The third kappa shape index (κ3) is 5.23. The fraction of sp³-hybridized carbons (Fsp3) is 0.400. The highest BCUT2D eigenvalue weighted by atomic mass is 32.2. The standard InChI is InChI=1S/C20H25FN6OS/c1-3-9-22-17-15-13-24-27(18(15)26-20(25-17)29-12-4-2)11-10-23-19(28)14-7-5-6-8-16(14)21/h5-8,13H,3-4,9-12H2,1-2H3,(H,23,28)(H,22,25,26). The predicted octanol–water partition coefficient (Wildman–Crippen LogP) is 3.72. The van der Waals surface area contributed by atoms with Crippen LogP contribution >= 0.6 is 11.8 Å². The molecule has 1 aromatic carbocycles. The van der Waals surface area contributed by atoms with Gasteiger partial charge in [0.05, 0.1) is 23.7 Å². The quantitative estimate of drug-likeness (QED) is 0.387. The number of benzene rings is 1. The fourth-order valence-electron chi connectivity index (χ4n) is 2.75. The molecule has 0 radical (unpaired) electrons. The number of carbonyl (C=O) groups is 1. The maximum absolute atomic E-state index is 13.7. The molecule has 1 amide bonds. The van der Waals surface area contributed by atoms with E-state index in [1.807, 2.05) is 0 Å². The monoisotopic (exact) mass is 416 g/mol. The van der Waals surface area contributed by atoms with Crippen LogP contribution in [-0.2, 0) is 6.54 Å². The Kier molecular flexibility index (Phi) is 7.40. The third-order valence-corrected chi connectivity index (χ3v) is 5.23. The first-order chi connectivity index (χ1) is 14.1. The van der Waals surface area contributed by atoms with Gasteiger partial charge in [-0.1, -0.05) is 37.7 Å². The Morgan fingerprint density at radius 3 is 2.76 bits per heavy atom. The Balaban J connectivity index is 1.75. The summed E-state index contributed by atoms with van der Waals surface area (Å²) in [6.45, 7) is 5.76. The van der Waals surface area contributed by atoms with Crippen LogP contribution < -0.4 is 10.6 Å². The summed E-state index contributed by atoms with van der Waals surface area (Å²) in [6, 6.07) is 5.92. The van der Waals surface area contributed by atoms with Crippen LogP contribution in [0.4, 0.5) is 10.2 Å². The van der Waals surface area contributed by atoms with Crippen molar-refractivity contribution in [1.29, 1.82) is 0 Å². The van der Waals surface area contributed by atoms with Crippen LogP contribution in [0.5, 0.6) is 0 Å². The molecule has 2 aromatic heterocycles. The van der Waals surface area contributed by atoms with Gasteiger partial charge in [-0.15, -0.1) is 0 Å². The maximum atomic E-state index is 13.7. The second-order valence-corrected chi connectivity index (χ2v) is 7.53. The first kappa shape index (κ1) is 21.0. The molecule has 0 aliphatic carbocycles. The molecule has 7 nitrogen and oxygen atoms in total. The van der Waals surface area contributed by atoms with Gasteiger partial charge in [-0.05, 0) is 25.0 Å². The Morgan fingerprint density at radius 2 is 2.00 bits per heavy atom. The van der Waals surface area contributed by atoms with E-state index in [2.05, 4.69) is 39.5 Å². The zero-order valence-electron chi connectivity index (χ0n) is 16.6. The number of anilines is 1. The molecule has 0 aliphatic heterocycles. The van der Waals surface area contributed by atoms with Gasteiger partial charge in [0.15, 0.2) is 10.8 Å². The lowest BCUT2D eigenvalue weighted by Gasteiger charge is -2.09. The van der Waals surface area contributed by atoms with Crippen LogP contribution in [0.25, 0.3) is 11.0 Å². The number of nitrogens with zero attached hydrogens (tertiary/aromatic N) is 4.